The summed E-state index contributed by atoms with van der Waals surface area (Å²) < 4.78 is 108. The molecule has 43 nitrogen and oxygen atoms in total. The van der Waals surface area contributed by atoms with Crippen molar-refractivity contribution in [2.24, 2.45) is 50.2 Å². The lowest BCUT2D eigenvalue weighted by Crippen LogP contribution is -2.69. The largest absolute Gasteiger partial charge is 0.432 e. The third-order valence-corrected chi connectivity index (χ3v) is 30.3. The summed E-state index contributed by atoms with van der Waals surface area (Å²) >= 11 is 0. The van der Waals surface area contributed by atoms with Crippen molar-refractivity contribution in [2.45, 2.75) is 384 Å². The molecule has 24 N–H and O–H groups in total. The first-order valence-corrected chi connectivity index (χ1v) is 42.8. The van der Waals surface area contributed by atoms with Gasteiger partial charge >= 0.3 is 5.97 Å². The number of allylic oxidation sites excluding steroid dienone is 2. The van der Waals surface area contributed by atoms with E-state index in [1.807, 2.05) is 0 Å². The Morgan fingerprint density at radius 1 is 0.390 bits per heavy atom. The van der Waals surface area contributed by atoms with Crippen LogP contribution in [0.15, 0.2) is 11.6 Å². The van der Waals surface area contributed by atoms with Gasteiger partial charge in [-0.05, 0) is 116 Å². The summed E-state index contributed by atoms with van der Waals surface area (Å²) in [5.41, 5.74) is -3.95. The maximum Gasteiger partial charge on any atom is 0.317 e. The predicted octanol–water partition coefficient (Wildman–Crippen LogP) is -9.33. The average Bonchev–Trinajstić information content (AvgIpc) is 0.669. The normalized spacial score (nSPS) is 55.0. The van der Waals surface area contributed by atoms with E-state index in [0.717, 1.165) is 5.57 Å². The Hall–Kier alpha value is -2.43. The highest BCUT2D eigenvalue weighted by Crippen LogP contribution is 2.76. The van der Waals surface area contributed by atoms with Crippen molar-refractivity contribution in [3.63, 3.8) is 0 Å². The molecule has 0 aromatic heterocycles. The van der Waals surface area contributed by atoms with Crippen molar-refractivity contribution in [1.82, 2.24) is 0 Å². The molecule has 14 rings (SSSR count). The van der Waals surface area contributed by atoms with Crippen LogP contribution < -0.4 is 0 Å². The van der Waals surface area contributed by atoms with Crippen molar-refractivity contribution in [3.05, 3.63) is 11.6 Å². The minimum absolute atomic E-state index is 0.0161. The summed E-state index contributed by atoms with van der Waals surface area (Å²) in [5.74, 6) is -1.97. The van der Waals surface area contributed by atoms with E-state index in [1.54, 1.807) is 0 Å². The molecule has 14 aliphatic rings. The Bertz CT molecular complexity index is 3560. The Labute approximate surface area is 708 Å². The van der Waals surface area contributed by atoms with Crippen LogP contribution in [-0.4, -0.2) is 439 Å². The smallest absolute Gasteiger partial charge is 0.317 e. The minimum Gasteiger partial charge on any atom is -0.432 e. The number of fused-ring (bicyclic) bond motifs is 7. The molecule has 4 saturated carbocycles. The number of aliphatic hydroxyl groups is 24. The molecule has 13 fully saturated rings. The van der Waals surface area contributed by atoms with Crippen LogP contribution in [0.5, 0.6) is 0 Å². The number of carbonyl (C=O) groups is 1. The maximum atomic E-state index is 16.4. The van der Waals surface area contributed by atoms with Gasteiger partial charge in [0.15, 0.2) is 56.4 Å². The third kappa shape index (κ3) is 17.6. The fourth-order valence-electron chi connectivity index (χ4n) is 22.6. The summed E-state index contributed by atoms with van der Waals surface area (Å²) in [6.07, 6.45) is -70.0. The number of carbonyl (C=O) groups excluding carboxylic acids is 1. The summed E-state index contributed by atoms with van der Waals surface area (Å²) in [6.45, 7) is 13.2. The van der Waals surface area contributed by atoms with Gasteiger partial charge in [0.1, 0.15) is 182 Å². The van der Waals surface area contributed by atoms with Crippen LogP contribution in [-0.2, 0) is 90.1 Å². The minimum atomic E-state index is -2.27. The van der Waals surface area contributed by atoms with E-state index in [9.17, 15) is 123 Å². The average molecular weight is 1780 g/mol. The third-order valence-electron chi connectivity index (χ3n) is 30.3. The van der Waals surface area contributed by atoms with Gasteiger partial charge in [0.25, 0.3) is 0 Å². The second-order valence-corrected chi connectivity index (χ2v) is 38.7. The van der Waals surface area contributed by atoms with Crippen molar-refractivity contribution < 1.29 is 213 Å². The Morgan fingerprint density at radius 3 is 1.47 bits per heavy atom. The highest BCUT2D eigenvalue weighted by Gasteiger charge is 2.73. The molecule has 9 saturated heterocycles. The molecule has 5 aliphatic carbocycles. The zero-order chi connectivity index (χ0) is 89.5. The van der Waals surface area contributed by atoms with Gasteiger partial charge in [-0.2, -0.15) is 0 Å². The quantitative estimate of drug-likeness (QED) is 0.0288. The molecule has 0 radical (unpaired) electrons. The number of aliphatic hydroxyl groups excluding tert-OH is 24. The molecule has 0 aromatic carbocycles. The highest BCUT2D eigenvalue weighted by molar-refractivity contribution is 5.80. The number of hydrogen-bond donors (Lipinski definition) is 24. The zero-order valence-corrected chi connectivity index (χ0v) is 69.9. The molecule has 0 bridgehead atoms. The van der Waals surface area contributed by atoms with E-state index in [-0.39, 0.29) is 24.7 Å². The lowest BCUT2D eigenvalue weighted by atomic mass is 9.33. The molecule has 0 aromatic rings. The van der Waals surface area contributed by atoms with E-state index in [2.05, 4.69) is 54.5 Å². The summed E-state index contributed by atoms with van der Waals surface area (Å²) in [7, 11) is 0. The second kappa shape index (κ2) is 37.2. The molecular formula is C80H130O43. The molecule has 43 heteroatoms. The van der Waals surface area contributed by atoms with Gasteiger partial charge in [0, 0.05) is 0 Å². The van der Waals surface area contributed by atoms with E-state index in [4.69, 9.17) is 85.3 Å². The fourth-order valence-corrected chi connectivity index (χ4v) is 22.6. The lowest BCUT2D eigenvalue weighted by molar-refractivity contribution is -0.402. The molecule has 0 amide bonds. The van der Waals surface area contributed by atoms with E-state index in [0.29, 0.717) is 44.9 Å². The summed E-state index contributed by atoms with van der Waals surface area (Å²) in [6, 6.07) is 0. The maximum absolute atomic E-state index is 16.4. The lowest BCUT2D eigenvalue weighted by Gasteiger charge is -2.71. The van der Waals surface area contributed by atoms with E-state index >= 15 is 4.79 Å². The Morgan fingerprint density at radius 2 is 0.854 bits per heavy atom. The van der Waals surface area contributed by atoms with Crippen molar-refractivity contribution in [1.29, 1.82) is 0 Å². The number of esters is 1. The molecule has 123 heavy (non-hydrogen) atoms. The highest BCUT2D eigenvalue weighted by atomic mass is 16.8. The van der Waals surface area contributed by atoms with E-state index < -0.39 is 355 Å². The predicted molar refractivity (Wildman–Crippen MR) is 401 cm³/mol. The monoisotopic (exact) mass is 1780 g/mol. The van der Waals surface area contributed by atoms with Gasteiger partial charge in [0.05, 0.1) is 70.7 Å². The molecule has 50 atom stereocenters. The molecule has 9 heterocycles. The van der Waals surface area contributed by atoms with Gasteiger partial charge < -0.3 is 208 Å². The summed E-state index contributed by atoms with van der Waals surface area (Å²) in [4.78, 5) is 16.4. The van der Waals surface area contributed by atoms with Crippen LogP contribution in [0.4, 0.5) is 0 Å². The molecule has 3 unspecified atom stereocenters. The van der Waals surface area contributed by atoms with Gasteiger partial charge in [-0.25, -0.2) is 0 Å². The Kier molecular flexibility index (Phi) is 29.2. The van der Waals surface area contributed by atoms with Crippen LogP contribution in [0.25, 0.3) is 0 Å². The van der Waals surface area contributed by atoms with Gasteiger partial charge in [-0.15, -0.1) is 0 Å². The molecule has 0 spiro atoms. The Balaban J connectivity index is 0.721. The number of rotatable bonds is 21. The van der Waals surface area contributed by atoms with Gasteiger partial charge in [-0.1, -0.05) is 60.1 Å². The molecule has 9 aliphatic heterocycles. The zero-order valence-electron chi connectivity index (χ0n) is 69.9. The molecular weight excluding hydrogens is 1650 g/mol. The van der Waals surface area contributed by atoms with Crippen molar-refractivity contribution in [3.8, 4) is 0 Å². The van der Waals surface area contributed by atoms with Gasteiger partial charge in [0.2, 0.25) is 6.29 Å². The topological polar surface area (TPSA) is 669 Å². The van der Waals surface area contributed by atoms with Crippen LogP contribution in [0.3, 0.4) is 0 Å². The standard InChI is InChI=1S/C80H130O43/c1-27-42(87)49(94)55(100)65(112-27)110-25-37-48(93)52(97)63(122-72-64(121-70-57(102)50(95)46(91)35(20-81)114-70)58(103)60(28(2)113-72)118-68-59(104)61(34(85)24-108-68)119-66-53(98)43(88)31(82)21-106-66)73(116-37)123-74(105)80-17-16-75(3,4)18-30(80)29-10-11-39-77(7)14-13-41(76(5,6)38(77)12-15-78(39,8)79(29,9)19-40(80)86)117-69-56(101)51(96)47(92)36(115-69)26-111-71-62(45(90)33(84)23-109-71)120-67-54(99)44(89)32(83)22-107-67/h10,27-28,30-73,81-104H,11-26H2,1-9H3/t27-,28-,30-,31+,32+,33-,34+,35+,36+,37+,38?,39?,40+,41-,42-,43-,44-,45-,46-,47+,48+,49+,50-,51-,52-,53+,54+,55+,56+,57+,58+,59+,60-,61-,62?,63+,64+,65+,66-,67-,68-,69-,70-,71-,72-,73-,77-,78+,79+,80+/m0/s1. The SMILES string of the molecule is C[C@@H]1O[C@@H](OC[C@H]2O[C@@H](OC(=O)[C@]34CCC(C)(C)C[C@H]3C3=CCC5[C@@]6(C)CC[C@H](O[C@@H]7O[C@H](CO[C@@H]8OC[C@H](O)[C@H](O)C8O[C@@H]8OC[C@@H](O)[C@H](O)[C@H]8O)[C@@H](O)[C@H](O)[C@H]7O)C(C)(C)C6CC[C@@]5(C)[C@]3(C)C[C@H]4O)[C@H](O[C@@H]3O[C@@H](C)[C@H](O[C@@H]4OC[C@@H](O)[C@H](O[C@@H]5OC[C@@H](O)[C@H](O)[C@H]5O)[C@H]4O)[C@@H](O)[C@H]3O[C@@H]3O[C@H](CO)[C@H](O)[C@H](O)[C@H]3O)[C@@H](O)[C@@H]2O)[C@H](O)[C@H](O)[C@H]1O. The van der Waals surface area contributed by atoms with Crippen LogP contribution >= 0.6 is 0 Å². The van der Waals surface area contributed by atoms with E-state index in [1.165, 1.54) is 13.8 Å². The van der Waals surface area contributed by atoms with Gasteiger partial charge in [-0.3, -0.25) is 4.79 Å². The van der Waals surface area contributed by atoms with Crippen molar-refractivity contribution >= 4 is 5.97 Å². The van der Waals surface area contributed by atoms with Crippen LogP contribution in [0, 0.1) is 50.2 Å². The summed E-state index contributed by atoms with van der Waals surface area (Å²) in [5, 5.41) is 268. The fraction of sp³-hybridized carbons (Fsp3) is 0.963. The first-order valence-electron chi connectivity index (χ1n) is 42.8. The number of hydrogen-bond acceptors (Lipinski definition) is 43. The first-order chi connectivity index (χ1) is 57.7. The number of ether oxygens (including phenoxy) is 18. The van der Waals surface area contributed by atoms with Crippen LogP contribution in [0.2, 0.25) is 0 Å². The second-order valence-electron chi connectivity index (χ2n) is 38.7. The van der Waals surface area contributed by atoms with Crippen molar-refractivity contribution in [2.75, 3.05) is 46.2 Å². The first kappa shape index (κ1) is 96.6. The van der Waals surface area contributed by atoms with Crippen LogP contribution in [0.1, 0.15) is 120 Å². The molecule has 708 valence electrons.